The summed E-state index contributed by atoms with van der Waals surface area (Å²) in [7, 11) is -4.16. The van der Waals surface area contributed by atoms with E-state index in [0.717, 1.165) is 15.7 Å². The molecule has 1 atom stereocenters. The molecule has 0 saturated heterocycles. The molecule has 0 aliphatic heterocycles. The van der Waals surface area contributed by atoms with Gasteiger partial charge >= 0.3 is 0 Å². The summed E-state index contributed by atoms with van der Waals surface area (Å²) in [5.74, 6) is -0.654. The van der Waals surface area contributed by atoms with Gasteiger partial charge in [-0.05, 0) is 37.6 Å². The number of rotatable bonds is 6. The summed E-state index contributed by atoms with van der Waals surface area (Å²) >= 11 is 3.41. The monoisotopic (exact) mass is 351 g/mol. The number of anilines is 1. The van der Waals surface area contributed by atoms with Crippen molar-refractivity contribution in [2.24, 2.45) is 0 Å². The van der Waals surface area contributed by atoms with Gasteiger partial charge in [-0.25, -0.2) is 0 Å². The molecule has 0 aliphatic carbocycles. The van der Waals surface area contributed by atoms with Crippen molar-refractivity contribution in [3.05, 3.63) is 28.2 Å². The van der Waals surface area contributed by atoms with E-state index in [-0.39, 0.29) is 6.54 Å². The van der Waals surface area contributed by atoms with Gasteiger partial charge in [0.15, 0.2) is 0 Å². The summed E-state index contributed by atoms with van der Waals surface area (Å²) in [4.78, 5) is 1.86. The summed E-state index contributed by atoms with van der Waals surface area (Å²) in [6, 6.07) is 5.75. The van der Waals surface area contributed by atoms with Gasteiger partial charge in [-0.3, -0.25) is 4.55 Å². The molecule has 0 saturated carbocycles. The van der Waals surface area contributed by atoms with Crippen LogP contribution >= 0.6 is 15.9 Å². The standard InChI is InChI=1S/C12H18BrNO4S/c1-3-14(7-11(15)8-19(16,17)18)10-4-5-12(13)9(2)6-10/h4-6,11,15H,3,7-8H2,1-2H3,(H,16,17,18). The first-order valence-corrected chi connectivity index (χ1v) is 8.27. The van der Waals surface area contributed by atoms with Crippen molar-refractivity contribution in [3.8, 4) is 0 Å². The van der Waals surface area contributed by atoms with Crippen molar-refractivity contribution in [1.29, 1.82) is 0 Å². The molecule has 5 nitrogen and oxygen atoms in total. The van der Waals surface area contributed by atoms with Crippen molar-refractivity contribution in [2.45, 2.75) is 20.0 Å². The van der Waals surface area contributed by atoms with Crippen molar-refractivity contribution < 1.29 is 18.1 Å². The Balaban J connectivity index is 2.80. The average Bonchev–Trinajstić information content (AvgIpc) is 2.27. The molecule has 19 heavy (non-hydrogen) atoms. The van der Waals surface area contributed by atoms with Gasteiger partial charge in [0.25, 0.3) is 10.1 Å². The molecule has 1 aromatic rings. The van der Waals surface area contributed by atoms with Crippen LogP contribution in [0.15, 0.2) is 22.7 Å². The second kappa shape index (κ2) is 6.69. The van der Waals surface area contributed by atoms with Crippen molar-refractivity contribution in [1.82, 2.24) is 0 Å². The van der Waals surface area contributed by atoms with Crippen LogP contribution in [-0.2, 0) is 10.1 Å². The summed E-state index contributed by atoms with van der Waals surface area (Å²) in [5, 5.41) is 9.68. The summed E-state index contributed by atoms with van der Waals surface area (Å²) < 4.78 is 31.1. The third-order valence-corrected chi connectivity index (χ3v) is 4.42. The molecule has 0 heterocycles. The second-order valence-corrected chi connectivity index (χ2v) is 6.73. The lowest BCUT2D eigenvalue weighted by Gasteiger charge is -2.26. The van der Waals surface area contributed by atoms with Gasteiger partial charge in [0.2, 0.25) is 0 Å². The van der Waals surface area contributed by atoms with Crippen LogP contribution in [0.1, 0.15) is 12.5 Å². The van der Waals surface area contributed by atoms with Crippen LogP contribution < -0.4 is 4.90 Å². The van der Waals surface area contributed by atoms with E-state index in [2.05, 4.69) is 15.9 Å². The lowest BCUT2D eigenvalue weighted by molar-refractivity contribution is 0.200. The fourth-order valence-corrected chi connectivity index (χ4v) is 2.63. The molecule has 0 amide bonds. The number of aliphatic hydroxyl groups excluding tert-OH is 1. The lowest BCUT2D eigenvalue weighted by Crippen LogP contribution is -2.36. The van der Waals surface area contributed by atoms with Gasteiger partial charge in [0.05, 0.1) is 6.10 Å². The minimum atomic E-state index is -4.16. The first kappa shape index (κ1) is 16.4. The van der Waals surface area contributed by atoms with Gasteiger partial charge in [0, 0.05) is 23.2 Å². The van der Waals surface area contributed by atoms with Gasteiger partial charge in [-0.15, -0.1) is 0 Å². The molecular formula is C12H18BrNO4S. The van der Waals surface area contributed by atoms with E-state index in [1.165, 1.54) is 0 Å². The molecule has 0 spiro atoms. The maximum Gasteiger partial charge on any atom is 0.267 e. The molecular weight excluding hydrogens is 334 g/mol. The van der Waals surface area contributed by atoms with Crippen LogP contribution in [0.2, 0.25) is 0 Å². The van der Waals surface area contributed by atoms with Crippen molar-refractivity contribution >= 4 is 31.7 Å². The zero-order valence-corrected chi connectivity index (χ0v) is 13.3. The fraction of sp³-hybridized carbons (Fsp3) is 0.500. The van der Waals surface area contributed by atoms with Crippen LogP contribution in [0.3, 0.4) is 0 Å². The van der Waals surface area contributed by atoms with Gasteiger partial charge in [-0.1, -0.05) is 15.9 Å². The van der Waals surface area contributed by atoms with E-state index in [1.807, 2.05) is 36.9 Å². The topological polar surface area (TPSA) is 77.8 Å². The quantitative estimate of drug-likeness (QED) is 0.764. The van der Waals surface area contributed by atoms with Crippen LogP contribution in [0.5, 0.6) is 0 Å². The molecule has 0 radical (unpaired) electrons. The van der Waals surface area contributed by atoms with Crippen LogP contribution in [0, 0.1) is 6.92 Å². The SMILES string of the molecule is CCN(CC(O)CS(=O)(=O)O)c1ccc(Br)c(C)c1. The molecule has 2 N–H and O–H groups in total. The third kappa shape index (κ3) is 5.48. The van der Waals surface area contributed by atoms with Crippen molar-refractivity contribution in [3.63, 3.8) is 0 Å². The van der Waals surface area contributed by atoms with E-state index in [0.29, 0.717) is 6.54 Å². The first-order valence-electron chi connectivity index (χ1n) is 5.87. The van der Waals surface area contributed by atoms with Crippen LogP contribution in [-0.4, -0.2) is 43.0 Å². The van der Waals surface area contributed by atoms with Gasteiger partial charge in [-0.2, -0.15) is 8.42 Å². The molecule has 1 rings (SSSR count). The third-order valence-electron chi connectivity index (χ3n) is 2.72. The Kier molecular flexibility index (Phi) is 5.79. The van der Waals surface area contributed by atoms with Crippen molar-refractivity contribution in [2.75, 3.05) is 23.7 Å². The summed E-state index contributed by atoms with van der Waals surface area (Å²) in [6.07, 6.45) is -1.13. The van der Waals surface area contributed by atoms with Crippen LogP contribution in [0.4, 0.5) is 5.69 Å². The molecule has 1 unspecified atom stereocenters. The highest BCUT2D eigenvalue weighted by Crippen LogP contribution is 2.23. The molecule has 0 bridgehead atoms. The highest BCUT2D eigenvalue weighted by atomic mass is 79.9. The maximum absolute atomic E-state index is 10.7. The summed E-state index contributed by atoms with van der Waals surface area (Å²) in [6.45, 7) is 4.65. The number of halogens is 1. The Bertz CT molecular complexity index is 533. The Morgan fingerprint density at radius 3 is 2.53 bits per heavy atom. The normalized spacial score (nSPS) is 13.3. The highest BCUT2D eigenvalue weighted by molar-refractivity contribution is 9.10. The zero-order valence-electron chi connectivity index (χ0n) is 10.9. The van der Waals surface area contributed by atoms with Gasteiger partial charge < -0.3 is 10.0 Å². The first-order chi connectivity index (χ1) is 8.73. The number of nitrogens with zero attached hydrogens (tertiary/aromatic N) is 1. The number of aryl methyl sites for hydroxylation is 1. The molecule has 0 aliphatic rings. The van der Waals surface area contributed by atoms with E-state index >= 15 is 0 Å². The van der Waals surface area contributed by atoms with E-state index in [9.17, 15) is 13.5 Å². The predicted octanol–water partition coefficient (Wildman–Crippen LogP) is 1.83. The van der Waals surface area contributed by atoms with E-state index in [1.54, 1.807) is 0 Å². The molecule has 1 aromatic carbocycles. The number of hydrogen-bond donors (Lipinski definition) is 2. The molecule has 0 fully saturated rings. The number of hydrogen-bond acceptors (Lipinski definition) is 4. The maximum atomic E-state index is 10.7. The van der Waals surface area contributed by atoms with E-state index < -0.39 is 22.0 Å². The predicted molar refractivity (Wildman–Crippen MR) is 79.2 cm³/mol. The Hall–Kier alpha value is -0.630. The Morgan fingerprint density at radius 2 is 2.05 bits per heavy atom. The number of benzene rings is 1. The highest BCUT2D eigenvalue weighted by Gasteiger charge is 2.17. The number of likely N-dealkylation sites (N-methyl/N-ethyl adjacent to an activating group) is 1. The summed E-state index contributed by atoms with van der Waals surface area (Å²) in [5.41, 5.74) is 1.96. The minimum Gasteiger partial charge on any atom is -0.390 e. The molecule has 7 heteroatoms. The zero-order chi connectivity index (χ0) is 14.6. The number of aliphatic hydroxyl groups is 1. The lowest BCUT2D eigenvalue weighted by atomic mass is 10.2. The Morgan fingerprint density at radius 1 is 1.42 bits per heavy atom. The smallest absolute Gasteiger partial charge is 0.267 e. The Labute approximate surface area is 122 Å². The molecule has 0 aromatic heterocycles. The van der Waals surface area contributed by atoms with E-state index in [4.69, 9.17) is 4.55 Å². The largest absolute Gasteiger partial charge is 0.390 e. The second-order valence-electron chi connectivity index (χ2n) is 4.37. The van der Waals surface area contributed by atoms with Crippen LogP contribution in [0.25, 0.3) is 0 Å². The van der Waals surface area contributed by atoms with Gasteiger partial charge in [0.1, 0.15) is 5.75 Å². The fourth-order valence-electron chi connectivity index (χ4n) is 1.79. The minimum absolute atomic E-state index is 0.150. The molecule has 108 valence electrons. The average molecular weight is 352 g/mol.